The summed E-state index contributed by atoms with van der Waals surface area (Å²) in [5.74, 6) is 0.105. The molecule has 10 nitrogen and oxygen atoms in total. The number of amides is 2. The van der Waals surface area contributed by atoms with Crippen molar-refractivity contribution < 1.29 is 24.0 Å². The smallest absolute Gasteiger partial charge is 0.269 e. The van der Waals surface area contributed by atoms with Crippen LogP contribution in [0.2, 0.25) is 0 Å². The zero-order valence-corrected chi connectivity index (χ0v) is 21.7. The van der Waals surface area contributed by atoms with E-state index >= 15 is 0 Å². The summed E-state index contributed by atoms with van der Waals surface area (Å²) in [4.78, 5) is 35.1. The van der Waals surface area contributed by atoms with Crippen LogP contribution in [0, 0.1) is 10.1 Å². The van der Waals surface area contributed by atoms with Crippen molar-refractivity contribution in [3.8, 4) is 11.5 Å². The Kier molecular flexibility index (Phi) is 9.73. The highest BCUT2D eigenvalue weighted by Crippen LogP contribution is 2.29. The van der Waals surface area contributed by atoms with Crippen molar-refractivity contribution in [2.24, 2.45) is 5.10 Å². The van der Waals surface area contributed by atoms with Crippen LogP contribution in [0.3, 0.4) is 0 Å². The molecule has 37 heavy (non-hydrogen) atoms. The number of hydrazone groups is 1. The van der Waals surface area contributed by atoms with Crippen LogP contribution >= 0.6 is 15.9 Å². The normalized spacial score (nSPS) is 11.5. The number of rotatable bonds is 11. The Labute approximate surface area is 222 Å². The van der Waals surface area contributed by atoms with E-state index in [0.29, 0.717) is 33.7 Å². The molecule has 0 spiro atoms. The van der Waals surface area contributed by atoms with Crippen molar-refractivity contribution in [2.75, 3.05) is 6.61 Å². The third-order valence-electron chi connectivity index (χ3n) is 5.06. The molecule has 0 aliphatic heterocycles. The SMILES string of the molecule is CCOc1cc(C=NNC(=O)C(C)NC(=O)c2ccccc2Br)ccc1OCc1ccc([N+](=O)[O-])cc1. The molecule has 2 amide bonds. The molecule has 0 saturated heterocycles. The van der Waals surface area contributed by atoms with Crippen LogP contribution in [-0.2, 0) is 11.4 Å². The van der Waals surface area contributed by atoms with E-state index in [4.69, 9.17) is 9.47 Å². The van der Waals surface area contributed by atoms with E-state index in [9.17, 15) is 19.7 Å². The molecule has 0 saturated carbocycles. The largest absolute Gasteiger partial charge is 0.490 e. The fourth-order valence-electron chi connectivity index (χ4n) is 3.12. The highest BCUT2D eigenvalue weighted by molar-refractivity contribution is 9.10. The number of carbonyl (C=O) groups excluding carboxylic acids is 2. The molecule has 2 N–H and O–H groups in total. The van der Waals surface area contributed by atoms with Gasteiger partial charge in [-0.1, -0.05) is 12.1 Å². The van der Waals surface area contributed by atoms with E-state index in [0.717, 1.165) is 5.56 Å². The van der Waals surface area contributed by atoms with E-state index in [2.05, 4.69) is 31.8 Å². The highest BCUT2D eigenvalue weighted by atomic mass is 79.9. The average molecular weight is 569 g/mol. The number of carbonyl (C=O) groups is 2. The second kappa shape index (κ2) is 13.2. The molecule has 3 aromatic carbocycles. The van der Waals surface area contributed by atoms with Crippen LogP contribution in [0.4, 0.5) is 5.69 Å². The summed E-state index contributed by atoms with van der Waals surface area (Å²) >= 11 is 3.32. The van der Waals surface area contributed by atoms with E-state index in [1.54, 1.807) is 61.5 Å². The van der Waals surface area contributed by atoms with Gasteiger partial charge in [-0.2, -0.15) is 5.10 Å². The Morgan fingerprint density at radius 2 is 1.81 bits per heavy atom. The maximum Gasteiger partial charge on any atom is 0.269 e. The summed E-state index contributed by atoms with van der Waals surface area (Å²) < 4.78 is 12.1. The Hall–Kier alpha value is -4.25. The molecular formula is C26H25BrN4O6. The molecule has 1 unspecified atom stereocenters. The van der Waals surface area contributed by atoms with E-state index in [1.165, 1.54) is 18.3 Å². The lowest BCUT2D eigenvalue weighted by molar-refractivity contribution is -0.384. The van der Waals surface area contributed by atoms with E-state index < -0.39 is 16.9 Å². The lowest BCUT2D eigenvalue weighted by atomic mass is 10.2. The summed E-state index contributed by atoms with van der Waals surface area (Å²) in [5, 5.41) is 17.4. The van der Waals surface area contributed by atoms with Crippen molar-refractivity contribution in [1.29, 1.82) is 0 Å². The van der Waals surface area contributed by atoms with Gasteiger partial charge in [0.15, 0.2) is 11.5 Å². The van der Waals surface area contributed by atoms with Gasteiger partial charge in [0.05, 0.1) is 23.3 Å². The number of ether oxygens (including phenoxy) is 2. The van der Waals surface area contributed by atoms with E-state index in [-0.39, 0.29) is 18.2 Å². The van der Waals surface area contributed by atoms with Crippen LogP contribution in [0.15, 0.2) is 76.3 Å². The minimum absolute atomic E-state index is 0.00975. The van der Waals surface area contributed by atoms with Gasteiger partial charge >= 0.3 is 0 Å². The molecule has 0 radical (unpaired) electrons. The van der Waals surface area contributed by atoms with Crippen LogP contribution in [0.1, 0.15) is 35.3 Å². The van der Waals surface area contributed by atoms with Crippen molar-refractivity contribution in [3.05, 3.63) is 98.0 Å². The maximum atomic E-state index is 12.4. The summed E-state index contributed by atoms with van der Waals surface area (Å²) in [5.41, 5.74) is 4.26. The first-order valence-corrected chi connectivity index (χ1v) is 12.1. The van der Waals surface area contributed by atoms with Gasteiger partial charge < -0.3 is 14.8 Å². The zero-order chi connectivity index (χ0) is 26.8. The maximum absolute atomic E-state index is 12.4. The number of non-ortho nitro benzene ring substituents is 1. The van der Waals surface area contributed by atoms with Crippen LogP contribution in [0.25, 0.3) is 0 Å². The molecule has 0 heterocycles. The van der Waals surface area contributed by atoms with Gasteiger partial charge in [-0.25, -0.2) is 5.43 Å². The zero-order valence-electron chi connectivity index (χ0n) is 20.1. The number of hydrogen-bond acceptors (Lipinski definition) is 7. The predicted molar refractivity (Wildman–Crippen MR) is 142 cm³/mol. The molecule has 1 atom stereocenters. The standard InChI is InChI=1S/C26H25BrN4O6/c1-3-36-24-14-19(10-13-23(24)37-16-18-8-11-20(12-9-18)31(34)35)15-28-30-25(32)17(2)29-26(33)21-6-4-5-7-22(21)27/h4-15,17H,3,16H2,1-2H3,(H,29,33)(H,30,32). The highest BCUT2D eigenvalue weighted by Gasteiger charge is 2.17. The number of nitrogens with zero attached hydrogens (tertiary/aromatic N) is 2. The molecule has 0 aliphatic rings. The number of nitrogens with one attached hydrogen (secondary N) is 2. The Bertz CT molecular complexity index is 1300. The molecular weight excluding hydrogens is 544 g/mol. The lowest BCUT2D eigenvalue weighted by Crippen LogP contribution is -2.43. The van der Waals surface area contributed by atoms with Crippen molar-refractivity contribution in [2.45, 2.75) is 26.5 Å². The summed E-state index contributed by atoms with van der Waals surface area (Å²) in [6.07, 6.45) is 1.45. The van der Waals surface area contributed by atoms with Crippen LogP contribution in [-0.4, -0.2) is 35.6 Å². The molecule has 3 aromatic rings. The van der Waals surface area contributed by atoms with Crippen molar-refractivity contribution >= 4 is 39.6 Å². The topological polar surface area (TPSA) is 132 Å². The van der Waals surface area contributed by atoms with Gasteiger partial charge in [-0.15, -0.1) is 0 Å². The summed E-state index contributed by atoms with van der Waals surface area (Å²) in [6, 6.07) is 17.4. The second-order valence-electron chi connectivity index (χ2n) is 7.76. The first kappa shape index (κ1) is 27.3. The Morgan fingerprint density at radius 3 is 2.49 bits per heavy atom. The number of halogens is 1. The van der Waals surface area contributed by atoms with Gasteiger partial charge in [-0.3, -0.25) is 19.7 Å². The average Bonchev–Trinajstić information content (AvgIpc) is 2.88. The first-order chi connectivity index (χ1) is 17.8. The fraction of sp³-hybridized carbons (Fsp3) is 0.192. The quantitative estimate of drug-likeness (QED) is 0.197. The third kappa shape index (κ3) is 7.87. The third-order valence-corrected chi connectivity index (χ3v) is 5.75. The number of nitro benzene ring substituents is 1. The monoisotopic (exact) mass is 568 g/mol. The van der Waals surface area contributed by atoms with Gasteiger partial charge in [0, 0.05) is 16.6 Å². The lowest BCUT2D eigenvalue weighted by Gasteiger charge is -2.13. The minimum atomic E-state index is -0.814. The molecule has 0 fully saturated rings. The first-order valence-electron chi connectivity index (χ1n) is 11.3. The number of nitro groups is 1. The van der Waals surface area contributed by atoms with Gasteiger partial charge in [0.1, 0.15) is 12.6 Å². The number of benzene rings is 3. The molecule has 11 heteroatoms. The molecule has 0 aliphatic carbocycles. The minimum Gasteiger partial charge on any atom is -0.490 e. The molecule has 3 rings (SSSR count). The van der Waals surface area contributed by atoms with Crippen LogP contribution in [0.5, 0.6) is 11.5 Å². The van der Waals surface area contributed by atoms with Gasteiger partial charge in [0.25, 0.3) is 17.5 Å². The van der Waals surface area contributed by atoms with E-state index in [1.807, 2.05) is 6.92 Å². The van der Waals surface area contributed by atoms with Gasteiger partial charge in [0.2, 0.25) is 0 Å². The summed E-state index contributed by atoms with van der Waals surface area (Å²) in [6.45, 7) is 4.00. The molecule has 0 bridgehead atoms. The Morgan fingerprint density at radius 1 is 1.08 bits per heavy atom. The van der Waals surface area contributed by atoms with Crippen molar-refractivity contribution in [3.63, 3.8) is 0 Å². The fourth-order valence-corrected chi connectivity index (χ4v) is 3.58. The number of hydrogen-bond donors (Lipinski definition) is 2. The predicted octanol–water partition coefficient (Wildman–Crippen LogP) is 4.60. The van der Waals surface area contributed by atoms with Crippen molar-refractivity contribution in [1.82, 2.24) is 10.7 Å². The van der Waals surface area contributed by atoms with Gasteiger partial charge in [-0.05, 0) is 83.4 Å². The molecule has 0 aromatic heterocycles. The van der Waals surface area contributed by atoms with Crippen LogP contribution < -0.4 is 20.2 Å². The Balaban J connectivity index is 1.58. The second-order valence-corrected chi connectivity index (χ2v) is 8.62. The summed E-state index contributed by atoms with van der Waals surface area (Å²) in [7, 11) is 0. The molecule has 192 valence electrons.